The van der Waals surface area contributed by atoms with Crippen molar-refractivity contribution >= 4 is 33.4 Å². The van der Waals surface area contributed by atoms with Crippen LogP contribution < -0.4 is 9.47 Å². The minimum absolute atomic E-state index is 0.0280. The highest BCUT2D eigenvalue weighted by atomic mass is 35.5. The van der Waals surface area contributed by atoms with Crippen molar-refractivity contribution in [2.24, 2.45) is 9.63 Å². The van der Waals surface area contributed by atoms with Gasteiger partial charge in [0, 0.05) is 11.3 Å². The van der Waals surface area contributed by atoms with Crippen LogP contribution in [0.3, 0.4) is 0 Å². The van der Waals surface area contributed by atoms with E-state index < -0.39 is 15.7 Å². The molecule has 0 saturated carbocycles. The molecule has 8 nitrogen and oxygen atoms in total. The summed E-state index contributed by atoms with van der Waals surface area (Å²) in [6.07, 6.45) is 3.08. The van der Waals surface area contributed by atoms with Gasteiger partial charge in [0.2, 0.25) is 6.79 Å². The summed E-state index contributed by atoms with van der Waals surface area (Å²) in [4.78, 5) is 1.72. The third-order valence-corrected chi connectivity index (χ3v) is 9.00. The number of thioether (sulfide) groups is 1. The van der Waals surface area contributed by atoms with Crippen LogP contribution in [-0.4, -0.2) is 43.4 Å². The Morgan fingerprint density at radius 2 is 2.03 bits per heavy atom. The molecule has 0 spiro atoms. The molecule has 1 saturated heterocycles. The molecule has 178 valence electrons. The predicted molar refractivity (Wildman–Crippen MR) is 127 cm³/mol. The van der Waals surface area contributed by atoms with E-state index in [2.05, 4.69) is 16.6 Å². The molecule has 2 atom stereocenters. The third kappa shape index (κ3) is 5.00. The number of nitrogens with zero attached hydrogens (tertiary/aromatic N) is 3. The molecule has 1 N–H and O–H groups in total. The molecule has 0 aliphatic carbocycles. The van der Waals surface area contributed by atoms with Crippen molar-refractivity contribution in [3.05, 3.63) is 52.5 Å². The summed E-state index contributed by atoms with van der Waals surface area (Å²) in [6.45, 7) is 2.34. The van der Waals surface area contributed by atoms with Crippen molar-refractivity contribution in [2.75, 3.05) is 19.6 Å². The van der Waals surface area contributed by atoms with Gasteiger partial charge in [0.1, 0.15) is 4.90 Å². The first-order chi connectivity index (χ1) is 15.7. The smallest absolute Gasteiger partial charge is 0.300 e. The molecule has 0 bridgehead atoms. The number of fused-ring (bicyclic) bond motifs is 1. The molecule has 4 rings (SSSR count). The van der Waals surface area contributed by atoms with E-state index >= 15 is 0 Å². The lowest BCUT2D eigenvalue weighted by atomic mass is 10.0. The van der Waals surface area contributed by atoms with Crippen LogP contribution in [0.25, 0.3) is 0 Å². The van der Waals surface area contributed by atoms with Gasteiger partial charge in [-0.3, -0.25) is 4.90 Å². The lowest BCUT2D eigenvalue weighted by molar-refractivity contribution is -0.0781. The van der Waals surface area contributed by atoms with Gasteiger partial charge in [-0.25, -0.2) is 0 Å². The Labute approximate surface area is 203 Å². The Morgan fingerprint density at radius 3 is 2.82 bits per heavy atom. The maximum absolute atomic E-state index is 12.9. The fourth-order valence-electron chi connectivity index (χ4n) is 3.83. The number of sulfonamides is 1. The topological polar surface area (TPSA) is 101 Å². The predicted octanol–water partition coefficient (Wildman–Crippen LogP) is 4.75. The molecule has 0 aromatic heterocycles. The standard InChI is InChI=1S/C22H26ClN3O5S2/c1-3-4-5-21-26(2)22(27,13-32-21)16-7-8-17(23)20(11-16)33(28,29)25-24-12-15-6-9-18-19(10-15)31-14-30-18/h6-11,21,27H,3-5,12-14H2,1-2H3. The second-order valence-electron chi connectivity index (χ2n) is 8.02. The molecule has 2 unspecified atom stereocenters. The third-order valence-electron chi connectivity index (χ3n) is 5.82. The monoisotopic (exact) mass is 511 g/mol. The zero-order chi connectivity index (χ0) is 23.6. The maximum atomic E-state index is 12.9. The summed E-state index contributed by atoms with van der Waals surface area (Å²) in [5.41, 5.74) is -0.0952. The Balaban J connectivity index is 1.53. The molecular formula is C22H26ClN3O5S2. The van der Waals surface area contributed by atoms with Crippen LogP contribution in [0.5, 0.6) is 11.5 Å². The number of rotatable bonds is 8. The Kier molecular flexibility index (Phi) is 7.20. The zero-order valence-corrected chi connectivity index (χ0v) is 20.8. The van der Waals surface area contributed by atoms with Crippen molar-refractivity contribution in [1.29, 1.82) is 0 Å². The average Bonchev–Trinajstić information content (AvgIpc) is 3.37. The Bertz CT molecular complexity index is 1160. The van der Waals surface area contributed by atoms with Crippen LogP contribution in [0.1, 0.15) is 37.3 Å². The van der Waals surface area contributed by atoms with Gasteiger partial charge >= 0.3 is 10.0 Å². The van der Waals surface area contributed by atoms with E-state index in [-0.39, 0.29) is 28.6 Å². The molecule has 33 heavy (non-hydrogen) atoms. The fraction of sp³-hybridized carbons (Fsp3) is 0.455. The van der Waals surface area contributed by atoms with Crippen LogP contribution in [0.2, 0.25) is 5.02 Å². The van der Waals surface area contributed by atoms with Crippen molar-refractivity contribution < 1.29 is 23.0 Å². The van der Waals surface area contributed by atoms with Crippen molar-refractivity contribution in [2.45, 2.75) is 48.7 Å². The molecule has 2 aliphatic rings. The highest BCUT2D eigenvalue weighted by Gasteiger charge is 2.44. The van der Waals surface area contributed by atoms with Gasteiger partial charge in [-0.2, -0.15) is 13.5 Å². The molecule has 1 fully saturated rings. The largest absolute Gasteiger partial charge is 0.454 e. The molecule has 0 radical (unpaired) electrons. The summed E-state index contributed by atoms with van der Waals surface area (Å²) in [7, 11) is -2.31. The number of unbranched alkanes of at least 4 members (excludes halogenated alkanes) is 1. The molecule has 2 aromatic carbocycles. The van der Waals surface area contributed by atoms with E-state index in [1.807, 2.05) is 11.9 Å². The first-order valence-electron chi connectivity index (χ1n) is 10.6. The number of hydrogen-bond acceptors (Lipinski definition) is 8. The quantitative estimate of drug-likeness (QED) is 0.510. The van der Waals surface area contributed by atoms with Gasteiger partial charge in [-0.15, -0.1) is 11.8 Å². The molecule has 11 heteroatoms. The lowest BCUT2D eigenvalue weighted by Crippen LogP contribution is -2.43. The highest BCUT2D eigenvalue weighted by molar-refractivity contribution is 8.00. The van der Waals surface area contributed by atoms with Crippen molar-refractivity contribution in [3.8, 4) is 11.5 Å². The second kappa shape index (κ2) is 9.79. The Morgan fingerprint density at radius 1 is 1.24 bits per heavy atom. The number of halogens is 1. The number of hydrogen-bond donors (Lipinski definition) is 1. The average molecular weight is 512 g/mol. The number of aliphatic hydroxyl groups is 1. The Hall–Kier alpha value is -1.85. The highest BCUT2D eigenvalue weighted by Crippen LogP contribution is 2.43. The van der Waals surface area contributed by atoms with Crippen LogP contribution in [0, 0.1) is 0 Å². The van der Waals surface area contributed by atoms with Gasteiger partial charge in [-0.05, 0) is 43.3 Å². The number of ether oxygens (including phenoxy) is 2. The van der Waals surface area contributed by atoms with E-state index in [4.69, 9.17) is 21.1 Å². The molecule has 2 aliphatic heterocycles. The SMILES string of the molecule is CCCCC1SCC(O)(c2ccc(Cl)c(S(=O)(=O)N=NCc3ccc4c(c3)OCO4)c2)N1C. The number of benzene rings is 2. The van der Waals surface area contributed by atoms with E-state index in [0.717, 1.165) is 24.8 Å². The van der Waals surface area contributed by atoms with E-state index in [0.29, 0.717) is 22.8 Å². The first kappa shape index (κ1) is 24.3. The van der Waals surface area contributed by atoms with E-state index in [1.54, 1.807) is 36.0 Å². The van der Waals surface area contributed by atoms with Gasteiger partial charge in [0.25, 0.3) is 0 Å². The van der Waals surface area contributed by atoms with Crippen LogP contribution in [0.4, 0.5) is 0 Å². The van der Waals surface area contributed by atoms with Crippen molar-refractivity contribution in [3.63, 3.8) is 0 Å². The van der Waals surface area contributed by atoms with E-state index in [1.165, 1.54) is 12.1 Å². The molecular weight excluding hydrogens is 486 g/mol. The van der Waals surface area contributed by atoms with Crippen LogP contribution in [-0.2, 0) is 22.3 Å². The minimum atomic E-state index is -4.16. The van der Waals surface area contributed by atoms with Gasteiger partial charge < -0.3 is 14.6 Å². The molecule has 2 heterocycles. The van der Waals surface area contributed by atoms with Crippen molar-refractivity contribution in [1.82, 2.24) is 4.90 Å². The van der Waals surface area contributed by atoms with Gasteiger partial charge in [-0.1, -0.05) is 48.0 Å². The fourth-order valence-corrected chi connectivity index (χ4v) is 6.65. The first-order valence-corrected chi connectivity index (χ1v) is 13.5. The minimum Gasteiger partial charge on any atom is -0.454 e. The maximum Gasteiger partial charge on any atom is 0.300 e. The summed E-state index contributed by atoms with van der Waals surface area (Å²) in [5.74, 6) is 1.66. The second-order valence-corrected chi connectivity index (χ2v) is 11.2. The van der Waals surface area contributed by atoms with Gasteiger partial charge in [0.05, 0.1) is 16.9 Å². The summed E-state index contributed by atoms with van der Waals surface area (Å²) >= 11 is 7.88. The normalized spacial score (nSPS) is 23.0. The van der Waals surface area contributed by atoms with Crippen LogP contribution >= 0.6 is 23.4 Å². The summed E-state index contributed by atoms with van der Waals surface area (Å²) in [6, 6.07) is 9.78. The summed E-state index contributed by atoms with van der Waals surface area (Å²) in [5, 5.41) is 15.4. The zero-order valence-electron chi connectivity index (χ0n) is 18.4. The molecule has 0 amide bonds. The van der Waals surface area contributed by atoms with Crippen LogP contribution in [0.15, 0.2) is 50.9 Å². The lowest BCUT2D eigenvalue weighted by Gasteiger charge is -2.33. The van der Waals surface area contributed by atoms with Gasteiger partial charge in [0.15, 0.2) is 17.2 Å². The van der Waals surface area contributed by atoms with E-state index in [9.17, 15) is 13.5 Å². The summed E-state index contributed by atoms with van der Waals surface area (Å²) < 4.78 is 40.0. The molecule has 2 aromatic rings.